The molecule has 0 saturated heterocycles. The Hall–Kier alpha value is -2.27. The monoisotopic (exact) mass is 276 g/mol. The van der Waals surface area contributed by atoms with Crippen molar-refractivity contribution in [2.75, 3.05) is 12.4 Å². The summed E-state index contributed by atoms with van der Waals surface area (Å²) in [6.07, 6.45) is 0. The summed E-state index contributed by atoms with van der Waals surface area (Å²) in [5.74, 6) is -2.11. The third-order valence-corrected chi connectivity index (χ3v) is 2.72. The first-order chi connectivity index (χ1) is 9.58. The van der Waals surface area contributed by atoms with E-state index in [0.717, 1.165) is 30.3 Å². The van der Waals surface area contributed by atoms with Crippen LogP contribution in [0.4, 0.5) is 14.5 Å². The van der Waals surface area contributed by atoms with Crippen LogP contribution in [0.15, 0.2) is 42.5 Å². The molecule has 0 atom stereocenters. The Bertz CT molecular complexity index is 592. The molecule has 3 nitrogen and oxygen atoms in total. The normalized spacial score (nSPS) is 10.3. The number of benzene rings is 2. The zero-order chi connectivity index (χ0) is 14.5. The molecule has 0 unspecified atom stereocenters. The zero-order valence-electron chi connectivity index (χ0n) is 10.9. The van der Waals surface area contributed by atoms with Gasteiger partial charge >= 0.3 is 0 Å². The van der Waals surface area contributed by atoms with Gasteiger partial charge in [0.05, 0.1) is 0 Å². The third kappa shape index (κ3) is 3.61. The van der Waals surface area contributed by atoms with Gasteiger partial charge in [-0.1, -0.05) is 12.1 Å². The Morgan fingerprint density at radius 3 is 2.20 bits per heavy atom. The maximum Gasteiger partial charge on any atom is 0.255 e. The molecule has 0 aliphatic rings. The number of carbonyl (C=O) groups excluding carboxylic acids is 1. The van der Waals surface area contributed by atoms with Crippen LogP contribution in [-0.4, -0.2) is 13.0 Å². The van der Waals surface area contributed by atoms with Crippen LogP contribution in [0.1, 0.15) is 15.9 Å². The molecule has 0 spiro atoms. The first kappa shape index (κ1) is 14.1. The lowest BCUT2D eigenvalue weighted by Gasteiger charge is -2.07. The van der Waals surface area contributed by atoms with E-state index in [1.165, 1.54) is 0 Å². The number of rotatable bonds is 4. The minimum Gasteiger partial charge on any atom is -0.322 e. The number of nitrogens with one attached hydrogen (secondary N) is 2. The zero-order valence-corrected chi connectivity index (χ0v) is 10.9. The number of hydrogen-bond donors (Lipinski definition) is 2. The molecular weight excluding hydrogens is 262 g/mol. The van der Waals surface area contributed by atoms with E-state index in [1.54, 1.807) is 12.1 Å². The Kier molecular flexibility index (Phi) is 4.42. The SMILES string of the molecule is CNCc1ccc(NC(=O)c2cc(F)cc(F)c2)cc1. The van der Waals surface area contributed by atoms with E-state index in [0.29, 0.717) is 5.69 Å². The molecule has 0 heterocycles. The highest BCUT2D eigenvalue weighted by atomic mass is 19.1. The lowest BCUT2D eigenvalue weighted by molar-refractivity contribution is 0.102. The van der Waals surface area contributed by atoms with Crippen LogP contribution in [0.5, 0.6) is 0 Å². The highest BCUT2D eigenvalue weighted by Gasteiger charge is 2.09. The van der Waals surface area contributed by atoms with E-state index in [-0.39, 0.29) is 5.56 Å². The van der Waals surface area contributed by atoms with Gasteiger partial charge in [-0.2, -0.15) is 0 Å². The molecule has 0 fully saturated rings. The lowest BCUT2D eigenvalue weighted by atomic mass is 10.1. The Morgan fingerprint density at radius 2 is 1.65 bits per heavy atom. The van der Waals surface area contributed by atoms with E-state index < -0.39 is 17.5 Å². The van der Waals surface area contributed by atoms with E-state index in [4.69, 9.17) is 0 Å². The molecule has 2 aromatic carbocycles. The summed E-state index contributed by atoms with van der Waals surface area (Å²) in [5, 5.41) is 5.60. The predicted octanol–water partition coefficient (Wildman–Crippen LogP) is 2.94. The molecule has 0 bridgehead atoms. The second-order valence-electron chi connectivity index (χ2n) is 4.34. The molecule has 20 heavy (non-hydrogen) atoms. The van der Waals surface area contributed by atoms with Gasteiger partial charge in [-0.3, -0.25) is 4.79 Å². The molecule has 0 aromatic heterocycles. The highest BCUT2D eigenvalue weighted by molar-refractivity contribution is 6.04. The minimum atomic E-state index is -0.778. The Morgan fingerprint density at radius 1 is 1.05 bits per heavy atom. The second-order valence-corrected chi connectivity index (χ2v) is 4.34. The van der Waals surface area contributed by atoms with Gasteiger partial charge in [0.25, 0.3) is 5.91 Å². The van der Waals surface area contributed by atoms with Crippen molar-refractivity contribution in [3.63, 3.8) is 0 Å². The Labute approximate surface area is 115 Å². The quantitative estimate of drug-likeness (QED) is 0.901. The standard InChI is InChI=1S/C15H14F2N2O/c1-18-9-10-2-4-14(5-3-10)19-15(20)11-6-12(16)8-13(17)7-11/h2-8,18H,9H2,1H3,(H,19,20). The van der Waals surface area contributed by atoms with Gasteiger partial charge in [-0.05, 0) is 36.9 Å². The largest absolute Gasteiger partial charge is 0.322 e. The van der Waals surface area contributed by atoms with Crippen LogP contribution in [0, 0.1) is 11.6 Å². The number of halogens is 2. The molecule has 0 aliphatic heterocycles. The first-order valence-corrected chi connectivity index (χ1v) is 6.09. The fourth-order valence-electron chi connectivity index (χ4n) is 1.80. The molecule has 104 valence electrons. The summed E-state index contributed by atoms with van der Waals surface area (Å²) in [4.78, 5) is 11.9. The summed E-state index contributed by atoms with van der Waals surface area (Å²) < 4.78 is 26.1. The summed E-state index contributed by atoms with van der Waals surface area (Å²) in [5.41, 5.74) is 1.59. The van der Waals surface area contributed by atoms with E-state index >= 15 is 0 Å². The van der Waals surface area contributed by atoms with Crippen LogP contribution in [0.2, 0.25) is 0 Å². The lowest BCUT2D eigenvalue weighted by Crippen LogP contribution is -2.12. The fraction of sp³-hybridized carbons (Fsp3) is 0.133. The average Bonchev–Trinajstić information content (AvgIpc) is 2.40. The molecule has 2 N–H and O–H groups in total. The average molecular weight is 276 g/mol. The van der Waals surface area contributed by atoms with Crippen molar-refractivity contribution in [1.82, 2.24) is 5.32 Å². The molecule has 0 aliphatic carbocycles. The highest BCUT2D eigenvalue weighted by Crippen LogP contribution is 2.13. The molecule has 2 rings (SSSR count). The second kappa shape index (κ2) is 6.25. The smallest absolute Gasteiger partial charge is 0.255 e. The van der Waals surface area contributed by atoms with E-state index in [9.17, 15) is 13.6 Å². The summed E-state index contributed by atoms with van der Waals surface area (Å²) in [6.45, 7) is 0.726. The van der Waals surface area contributed by atoms with Gasteiger partial charge < -0.3 is 10.6 Å². The van der Waals surface area contributed by atoms with Gasteiger partial charge in [-0.25, -0.2) is 8.78 Å². The van der Waals surface area contributed by atoms with Crippen molar-refractivity contribution in [2.45, 2.75) is 6.54 Å². The van der Waals surface area contributed by atoms with E-state index in [2.05, 4.69) is 10.6 Å². The number of carbonyl (C=O) groups is 1. The van der Waals surface area contributed by atoms with Crippen molar-refractivity contribution >= 4 is 11.6 Å². The fourth-order valence-corrected chi connectivity index (χ4v) is 1.80. The van der Waals surface area contributed by atoms with Crippen LogP contribution < -0.4 is 10.6 Å². The Balaban J connectivity index is 2.10. The van der Waals surface area contributed by atoms with Crippen molar-refractivity contribution in [1.29, 1.82) is 0 Å². The maximum absolute atomic E-state index is 13.0. The van der Waals surface area contributed by atoms with Crippen LogP contribution >= 0.6 is 0 Å². The van der Waals surface area contributed by atoms with Crippen molar-refractivity contribution < 1.29 is 13.6 Å². The topological polar surface area (TPSA) is 41.1 Å². The van der Waals surface area contributed by atoms with Gasteiger partial charge in [-0.15, -0.1) is 0 Å². The number of hydrogen-bond acceptors (Lipinski definition) is 2. The third-order valence-electron chi connectivity index (χ3n) is 2.72. The van der Waals surface area contributed by atoms with E-state index in [1.807, 2.05) is 19.2 Å². The van der Waals surface area contributed by atoms with Gasteiger partial charge in [0.15, 0.2) is 0 Å². The summed E-state index contributed by atoms with van der Waals surface area (Å²) in [7, 11) is 1.84. The minimum absolute atomic E-state index is 0.0539. The van der Waals surface area contributed by atoms with Crippen molar-refractivity contribution in [2.24, 2.45) is 0 Å². The van der Waals surface area contributed by atoms with Crippen LogP contribution in [0.3, 0.4) is 0 Å². The number of amides is 1. The van der Waals surface area contributed by atoms with Crippen LogP contribution in [0.25, 0.3) is 0 Å². The molecular formula is C15H14F2N2O. The van der Waals surface area contributed by atoms with Crippen molar-refractivity contribution in [3.05, 3.63) is 65.2 Å². The maximum atomic E-state index is 13.0. The van der Waals surface area contributed by atoms with Gasteiger partial charge in [0.1, 0.15) is 11.6 Å². The van der Waals surface area contributed by atoms with Gasteiger partial charge in [0, 0.05) is 23.9 Å². The molecule has 1 amide bonds. The molecule has 2 aromatic rings. The van der Waals surface area contributed by atoms with Crippen molar-refractivity contribution in [3.8, 4) is 0 Å². The van der Waals surface area contributed by atoms with Gasteiger partial charge in [0.2, 0.25) is 0 Å². The van der Waals surface area contributed by atoms with Crippen LogP contribution in [-0.2, 0) is 6.54 Å². The summed E-state index contributed by atoms with van der Waals surface area (Å²) in [6, 6.07) is 9.90. The first-order valence-electron chi connectivity index (χ1n) is 6.09. The molecule has 5 heteroatoms. The molecule has 0 radical (unpaired) electrons. The predicted molar refractivity (Wildman–Crippen MR) is 73.5 cm³/mol. The molecule has 0 saturated carbocycles. The summed E-state index contributed by atoms with van der Waals surface area (Å²) >= 11 is 0. The number of anilines is 1.